The van der Waals surface area contributed by atoms with E-state index in [1.165, 1.54) is 32.1 Å². The Morgan fingerprint density at radius 1 is 1.35 bits per heavy atom. The van der Waals surface area contributed by atoms with E-state index in [0.29, 0.717) is 18.0 Å². The Morgan fingerprint density at radius 2 is 2.09 bits per heavy atom. The van der Waals surface area contributed by atoms with Crippen molar-refractivity contribution in [3.63, 3.8) is 0 Å². The van der Waals surface area contributed by atoms with Crippen molar-refractivity contribution in [2.45, 2.75) is 57.5 Å². The van der Waals surface area contributed by atoms with Gasteiger partial charge in [0.05, 0.1) is 6.54 Å². The first-order chi connectivity index (χ1) is 11.0. The van der Waals surface area contributed by atoms with Gasteiger partial charge in [-0.05, 0) is 37.0 Å². The smallest absolute Gasteiger partial charge is 0.220 e. The van der Waals surface area contributed by atoms with Crippen LogP contribution in [0.15, 0.2) is 24.3 Å². The van der Waals surface area contributed by atoms with E-state index in [-0.39, 0.29) is 5.91 Å². The molecule has 1 aliphatic carbocycles. The molecule has 1 aliphatic rings. The Bertz CT molecular complexity index is 514. The van der Waals surface area contributed by atoms with Crippen LogP contribution in [-0.4, -0.2) is 19.6 Å². The van der Waals surface area contributed by atoms with E-state index in [1.807, 2.05) is 31.2 Å². The van der Waals surface area contributed by atoms with Crippen LogP contribution in [0.25, 0.3) is 0 Å². The molecule has 23 heavy (non-hydrogen) atoms. The van der Waals surface area contributed by atoms with Crippen molar-refractivity contribution in [1.82, 2.24) is 5.32 Å². The molecule has 0 aliphatic heterocycles. The Hall–Kier alpha value is -1.06. The fourth-order valence-electron chi connectivity index (χ4n) is 3.28. The van der Waals surface area contributed by atoms with Crippen LogP contribution in [0.2, 0.25) is 5.02 Å². The lowest BCUT2D eigenvalue weighted by atomic mass is 9.86. The summed E-state index contributed by atoms with van der Waals surface area (Å²) in [6.07, 6.45) is 8.18. The second-order valence-corrected chi connectivity index (χ2v) is 7.20. The first kappa shape index (κ1) is 18.3. The minimum absolute atomic E-state index is 0.112. The van der Waals surface area contributed by atoms with Gasteiger partial charge in [-0.25, -0.2) is 0 Å². The number of amides is 1. The molecular weight excluding hydrogens is 310 g/mol. The lowest BCUT2D eigenvalue weighted by Crippen LogP contribution is -2.40. The average molecular weight is 338 g/mol. The van der Waals surface area contributed by atoms with Crippen molar-refractivity contribution >= 4 is 17.5 Å². The molecule has 1 atom stereocenters. The summed E-state index contributed by atoms with van der Waals surface area (Å²) in [5, 5.41) is 3.70. The molecule has 4 heteroatoms. The van der Waals surface area contributed by atoms with Gasteiger partial charge in [0.1, 0.15) is 5.60 Å². The number of ether oxygens (including phenoxy) is 1. The molecule has 1 saturated carbocycles. The van der Waals surface area contributed by atoms with Crippen LogP contribution in [0, 0.1) is 5.92 Å². The van der Waals surface area contributed by atoms with Crippen LogP contribution in [-0.2, 0) is 15.1 Å². The van der Waals surface area contributed by atoms with Gasteiger partial charge in [-0.3, -0.25) is 4.79 Å². The summed E-state index contributed by atoms with van der Waals surface area (Å²) in [6, 6.07) is 7.60. The van der Waals surface area contributed by atoms with Gasteiger partial charge < -0.3 is 10.1 Å². The molecule has 0 radical (unpaired) electrons. The lowest BCUT2D eigenvalue weighted by Gasteiger charge is -2.29. The Labute approximate surface area is 144 Å². The maximum Gasteiger partial charge on any atom is 0.220 e. The van der Waals surface area contributed by atoms with Gasteiger partial charge in [0.25, 0.3) is 0 Å². The number of benzene rings is 1. The molecule has 128 valence electrons. The summed E-state index contributed by atoms with van der Waals surface area (Å²) >= 11 is 6.06. The number of methoxy groups -OCH3 is 1. The fourth-order valence-corrected chi connectivity index (χ4v) is 3.47. The highest BCUT2D eigenvalue weighted by atomic mass is 35.5. The molecule has 0 bridgehead atoms. The molecule has 3 nitrogen and oxygen atoms in total. The number of rotatable bonds is 7. The number of hydrogen-bond donors (Lipinski definition) is 1. The summed E-state index contributed by atoms with van der Waals surface area (Å²) in [4.78, 5) is 12.2. The van der Waals surface area contributed by atoms with Crippen molar-refractivity contribution < 1.29 is 9.53 Å². The lowest BCUT2D eigenvalue weighted by molar-refractivity contribution is -0.123. The van der Waals surface area contributed by atoms with Crippen LogP contribution in [0.3, 0.4) is 0 Å². The molecule has 1 amide bonds. The minimum Gasteiger partial charge on any atom is -0.372 e. The van der Waals surface area contributed by atoms with Gasteiger partial charge in [0.2, 0.25) is 5.91 Å². The highest BCUT2D eigenvalue weighted by Gasteiger charge is 2.27. The fraction of sp³-hybridized carbons (Fsp3) is 0.632. The summed E-state index contributed by atoms with van der Waals surface area (Å²) in [5.74, 6) is 0.845. The zero-order chi connectivity index (χ0) is 16.7. The standard InChI is InChI=1S/C19H28ClNO2/c1-19(23-2,16-9-6-10-17(20)13-16)14-21-18(22)12-11-15-7-4-3-5-8-15/h6,9-10,13,15H,3-5,7-8,11-12,14H2,1-2H3,(H,21,22). The average Bonchev–Trinajstić information content (AvgIpc) is 2.58. The third-order valence-electron chi connectivity index (χ3n) is 5.01. The van der Waals surface area contributed by atoms with Crippen molar-refractivity contribution in [2.24, 2.45) is 5.92 Å². The first-order valence-corrected chi connectivity index (χ1v) is 8.99. The number of hydrogen-bond acceptors (Lipinski definition) is 2. The van der Waals surface area contributed by atoms with Crippen molar-refractivity contribution in [1.29, 1.82) is 0 Å². The second kappa shape index (κ2) is 8.70. The van der Waals surface area contributed by atoms with Crippen LogP contribution < -0.4 is 5.32 Å². The quantitative estimate of drug-likeness (QED) is 0.784. The molecule has 1 aromatic rings. The summed E-state index contributed by atoms with van der Waals surface area (Å²) < 4.78 is 5.65. The van der Waals surface area contributed by atoms with Crippen LogP contribution in [0.4, 0.5) is 0 Å². The first-order valence-electron chi connectivity index (χ1n) is 8.61. The topological polar surface area (TPSA) is 38.3 Å². The molecule has 1 aromatic carbocycles. The summed E-state index contributed by atoms with van der Waals surface area (Å²) in [6.45, 7) is 2.42. The number of carbonyl (C=O) groups excluding carboxylic acids is 1. The summed E-state index contributed by atoms with van der Waals surface area (Å²) in [5.41, 5.74) is 0.408. The molecule has 2 rings (SSSR count). The number of carbonyl (C=O) groups is 1. The molecule has 0 aromatic heterocycles. The van der Waals surface area contributed by atoms with Crippen LogP contribution in [0.1, 0.15) is 57.4 Å². The van der Waals surface area contributed by atoms with Gasteiger partial charge in [0, 0.05) is 18.6 Å². The maximum absolute atomic E-state index is 12.2. The molecule has 0 spiro atoms. The third kappa shape index (κ3) is 5.50. The van der Waals surface area contributed by atoms with E-state index in [1.54, 1.807) is 7.11 Å². The Balaban J connectivity index is 1.83. The van der Waals surface area contributed by atoms with E-state index in [9.17, 15) is 4.79 Å². The van der Waals surface area contributed by atoms with E-state index in [2.05, 4.69) is 5.32 Å². The molecule has 0 heterocycles. The maximum atomic E-state index is 12.2. The largest absolute Gasteiger partial charge is 0.372 e. The van der Waals surface area contributed by atoms with E-state index in [0.717, 1.165) is 17.9 Å². The summed E-state index contributed by atoms with van der Waals surface area (Å²) in [7, 11) is 1.66. The predicted octanol–water partition coefficient (Wildman–Crippen LogP) is 4.68. The normalized spacial score (nSPS) is 18.4. The highest BCUT2D eigenvalue weighted by molar-refractivity contribution is 6.30. The Morgan fingerprint density at radius 3 is 2.74 bits per heavy atom. The molecule has 1 unspecified atom stereocenters. The van der Waals surface area contributed by atoms with Gasteiger partial charge >= 0.3 is 0 Å². The van der Waals surface area contributed by atoms with Crippen LogP contribution >= 0.6 is 11.6 Å². The van der Waals surface area contributed by atoms with Crippen molar-refractivity contribution in [2.75, 3.05) is 13.7 Å². The van der Waals surface area contributed by atoms with Gasteiger partial charge in [-0.1, -0.05) is 55.8 Å². The SMILES string of the molecule is COC(C)(CNC(=O)CCC1CCCCC1)c1cccc(Cl)c1. The monoisotopic (exact) mass is 337 g/mol. The number of nitrogens with one attached hydrogen (secondary N) is 1. The van der Waals surface area contributed by atoms with E-state index in [4.69, 9.17) is 16.3 Å². The second-order valence-electron chi connectivity index (χ2n) is 6.76. The van der Waals surface area contributed by atoms with Gasteiger partial charge in [0.15, 0.2) is 0 Å². The number of halogens is 1. The van der Waals surface area contributed by atoms with Gasteiger partial charge in [-0.2, -0.15) is 0 Å². The molecule has 0 saturated heterocycles. The molecule has 1 fully saturated rings. The molecule has 1 N–H and O–H groups in total. The third-order valence-corrected chi connectivity index (χ3v) is 5.25. The highest BCUT2D eigenvalue weighted by Crippen LogP contribution is 2.28. The van der Waals surface area contributed by atoms with Crippen molar-refractivity contribution in [3.8, 4) is 0 Å². The van der Waals surface area contributed by atoms with Gasteiger partial charge in [-0.15, -0.1) is 0 Å². The zero-order valence-corrected chi connectivity index (χ0v) is 15.0. The van der Waals surface area contributed by atoms with E-state index < -0.39 is 5.60 Å². The van der Waals surface area contributed by atoms with E-state index >= 15 is 0 Å². The Kier molecular flexibility index (Phi) is 6.91. The molecular formula is C19H28ClNO2. The predicted molar refractivity (Wildman–Crippen MR) is 94.6 cm³/mol. The zero-order valence-electron chi connectivity index (χ0n) is 14.2. The van der Waals surface area contributed by atoms with Crippen LogP contribution in [0.5, 0.6) is 0 Å². The minimum atomic E-state index is -0.564. The van der Waals surface area contributed by atoms with Crippen molar-refractivity contribution in [3.05, 3.63) is 34.9 Å².